The molecule has 8 nitrogen and oxygen atoms in total. The van der Waals surface area contributed by atoms with Gasteiger partial charge in [-0.15, -0.1) is 0 Å². The molecule has 0 heterocycles. The van der Waals surface area contributed by atoms with Gasteiger partial charge in [0, 0.05) is 39.1 Å². The first kappa shape index (κ1) is 26.2. The maximum Gasteiger partial charge on any atom is 0.407 e. The first-order valence-corrected chi connectivity index (χ1v) is 12.1. The van der Waals surface area contributed by atoms with Gasteiger partial charge in [-0.3, -0.25) is 9.59 Å². The Labute approximate surface area is 206 Å². The maximum absolute atomic E-state index is 12.5. The van der Waals surface area contributed by atoms with Crippen LogP contribution in [0, 0.1) is 0 Å². The highest BCUT2D eigenvalue weighted by Gasteiger charge is 2.29. The zero-order valence-electron chi connectivity index (χ0n) is 20.4. The van der Waals surface area contributed by atoms with E-state index in [1.807, 2.05) is 31.2 Å². The molecule has 0 saturated carbocycles. The summed E-state index contributed by atoms with van der Waals surface area (Å²) >= 11 is 0. The Morgan fingerprint density at radius 2 is 1.66 bits per heavy atom. The lowest BCUT2D eigenvalue weighted by atomic mass is 9.98. The summed E-state index contributed by atoms with van der Waals surface area (Å²) in [5, 5.41) is 11.4. The standard InChI is InChI=1S/C27H34N2O6/c1-3-34-19(16-25(30)29(2)15-9-8-14-26(31)32)17-28-27(33)35-18-24-22-12-6-4-10-20(22)21-11-5-7-13-23(21)24/h4-7,10-13,19,24H,3,8-9,14-18H2,1-2H3,(H,28,33)(H,31,32). The van der Waals surface area contributed by atoms with Gasteiger partial charge in [-0.05, 0) is 42.0 Å². The molecule has 1 aliphatic carbocycles. The normalized spacial score (nSPS) is 13.0. The number of rotatable bonds is 13. The van der Waals surface area contributed by atoms with Crippen molar-refractivity contribution >= 4 is 18.0 Å². The Hall–Kier alpha value is -3.39. The minimum absolute atomic E-state index is 0.0211. The Morgan fingerprint density at radius 1 is 1.03 bits per heavy atom. The van der Waals surface area contributed by atoms with Crippen LogP contribution in [0.2, 0.25) is 0 Å². The molecule has 1 unspecified atom stereocenters. The van der Waals surface area contributed by atoms with Gasteiger partial charge in [-0.2, -0.15) is 0 Å². The summed E-state index contributed by atoms with van der Waals surface area (Å²) in [6.45, 7) is 3.10. The van der Waals surface area contributed by atoms with Crippen LogP contribution in [0.4, 0.5) is 4.79 Å². The molecule has 0 radical (unpaired) electrons. The first-order valence-electron chi connectivity index (χ1n) is 12.1. The van der Waals surface area contributed by atoms with E-state index >= 15 is 0 Å². The van der Waals surface area contributed by atoms with Gasteiger partial charge in [-0.25, -0.2) is 4.79 Å². The number of fused-ring (bicyclic) bond motifs is 3. The number of hydrogen-bond acceptors (Lipinski definition) is 5. The van der Waals surface area contributed by atoms with Gasteiger partial charge in [-0.1, -0.05) is 48.5 Å². The molecule has 1 aliphatic rings. The van der Waals surface area contributed by atoms with E-state index in [9.17, 15) is 14.4 Å². The summed E-state index contributed by atoms with van der Waals surface area (Å²) in [5.74, 6) is -0.977. The third kappa shape index (κ3) is 7.29. The Kier molecular flexibility index (Phi) is 9.66. The fraction of sp³-hybridized carbons (Fsp3) is 0.444. The molecule has 0 saturated heterocycles. The first-order chi connectivity index (χ1) is 16.9. The number of alkyl carbamates (subject to hydrolysis) is 1. The molecule has 0 aromatic heterocycles. The van der Waals surface area contributed by atoms with Crippen LogP contribution < -0.4 is 5.32 Å². The summed E-state index contributed by atoms with van der Waals surface area (Å²) < 4.78 is 11.2. The van der Waals surface area contributed by atoms with Crippen LogP contribution in [0.3, 0.4) is 0 Å². The molecule has 0 bridgehead atoms. The van der Waals surface area contributed by atoms with Crippen LogP contribution in [0.1, 0.15) is 49.7 Å². The van der Waals surface area contributed by atoms with Crippen molar-refractivity contribution in [2.24, 2.45) is 0 Å². The third-order valence-corrected chi connectivity index (χ3v) is 6.18. The molecule has 2 amide bonds. The van der Waals surface area contributed by atoms with Gasteiger partial charge in [0.15, 0.2) is 0 Å². The molecule has 2 aromatic rings. The van der Waals surface area contributed by atoms with Gasteiger partial charge < -0.3 is 24.8 Å². The Balaban J connectivity index is 1.47. The molecule has 0 aliphatic heterocycles. The van der Waals surface area contributed by atoms with E-state index in [2.05, 4.69) is 29.6 Å². The molecule has 8 heteroatoms. The van der Waals surface area contributed by atoms with Crippen molar-refractivity contribution in [3.8, 4) is 11.1 Å². The van der Waals surface area contributed by atoms with Gasteiger partial charge in [0.2, 0.25) is 5.91 Å². The molecular formula is C27H34N2O6. The summed E-state index contributed by atoms with van der Waals surface area (Å²) in [4.78, 5) is 37.2. The number of ether oxygens (including phenoxy) is 2. The van der Waals surface area contributed by atoms with Crippen LogP contribution >= 0.6 is 0 Å². The van der Waals surface area contributed by atoms with Crippen LogP contribution in [0.15, 0.2) is 48.5 Å². The molecule has 0 spiro atoms. The molecule has 2 N–H and O–H groups in total. The Bertz CT molecular complexity index is 979. The monoisotopic (exact) mass is 482 g/mol. The van der Waals surface area contributed by atoms with E-state index in [4.69, 9.17) is 14.6 Å². The van der Waals surface area contributed by atoms with Crippen LogP contribution in [-0.2, 0) is 19.1 Å². The molecule has 188 valence electrons. The fourth-order valence-electron chi connectivity index (χ4n) is 4.37. The fourth-order valence-corrected chi connectivity index (χ4v) is 4.37. The minimum Gasteiger partial charge on any atom is -0.481 e. The highest BCUT2D eigenvalue weighted by molar-refractivity contribution is 5.79. The predicted octanol–water partition coefficient (Wildman–Crippen LogP) is 4.03. The number of carboxylic acid groups (broad SMARTS) is 1. The summed E-state index contributed by atoms with van der Waals surface area (Å²) in [6, 6.07) is 16.3. The number of nitrogens with zero attached hydrogens (tertiary/aromatic N) is 1. The van der Waals surface area contributed by atoms with Crippen molar-refractivity contribution in [1.29, 1.82) is 0 Å². The number of aliphatic carboxylic acids is 1. The van der Waals surface area contributed by atoms with E-state index in [0.29, 0.717) is 26.0 Å². The van der Waals surface area contributed by atoms with E-state index in [0.717, 1.165) is 11.1 Å². The number of carbonyl (C=O) groups is 3. The topological polar surface area (TPSA) is 105 Å². The number of carboxylic acids is 1. The number of carbonyl (C=O) groups excluding carboxylic acids is 2. The smallest absolute Gasteiger partial charge is 0.407 e. The highest BCUT2D eigenvalue weighted by atomic mass is 16.5. The lowest BCUT2D eigenvalue weighted by Crippen LogP contribution is -2.38. The minimum atomic E-state index is -0.838. The SMILES string of the molecule is CCOC(CNC(=O)OCC1c2ccccc2-c2ccccc21)CC(=O)N(C)CCCCC(=O)O. The zero-order valence-corrected chi connectivity index (χ0v) is 20.4. The maximum atomic E-state index is 12.5. The van der Waals surface area contributed by atoms with Gasteiger partial charge in [0.1, 0.15) is 6.61 Å². The molecule has 2 aromatic carbocycles. The largest absolute Gasteiger partial charge is 0.481 e. The second kappa shape index (κ2) is 12.9. The van der Waals surface area contributed by atoms with Crippen LogP contribution in [0.25, 0.3) is 11.1 Å². The third-order valence-electron chi connectivity index (χ3n) is 6.18. The quantitative estimate of drug-likeness (QED) is 0.418. The number of nitrogens with one attached hydrogen (secondary N) is 1. The number of benzene rings is 2. The van der Waals surface area contributed by atoms with E-state index in [1.54, 1.807) is 11.9 Å². The lowest BCUT2D eigenvalue weighted by Gasteiger charge is -2.22. The van der Waals surface area contributed by atoms with Crippen LogP contribution in [0.5, 0.6) is 0 Å². The van der Waals surface area contributed by atoms with Crippen molar-refractivity contribution in [1.82, 2.24) is 10.2 Å². The van der Waals surface area contributed by atoms with Crippen molar-refractivity contribution < 1.29 is 29.0 Å². The average molecular weight is 483 g/mol. The average Bonchev–Trinajstić information content (AvgIpc) is 3.17. The highest BCUT2D eigenvalue weighted by Crippen LogP contribution is 2.44. The Morgan fingerprint density at radius 3 is 2.26 bits per heavy atom. The van der Waals surface area contributed by atoms with Crippen molar-refractivity contribution in [3.63, 3.8) is 0 Å². The molecular weight excluding hydrogens is 448 g/mol. The van der Waals surface area contributed by atoms with E-state index in [-0.39, 0.29) is 37.8 Å². The molecule has 1 atom stereocenters. The summed E-state index contributed by atoms with van der Waals surface area (Å²) in [7, 11) is 1.69. The van der Waals surface area contributed by atoms with Crippen LogP contribution in [-0.4, -0.2) is 67.4 Å². The van der Waals surface area contributed by atoms with Gasteiger partial charge >= 0.3 is 12.1 Å². The number of amides is 2. The second-order valence-electron chi connectivity index (χ2n) is 8.65. The van der Waals surface area contributed by atoms with Gasteiger partial charge in [0.25, 0.3) is 0 Å². The summed E-state index contributed by atoms with van der Waals surface area (Å²) in [5.41, 5.74) is 4.62. The molecule has 35 heavy (non-hydrogen) atoms. The molecule has 3 rings (SSSR count). The molecule has 0 fully saturated rings. The number of hydrogen-bond donors (Lipinski definition) is 2. The van der Waals surface area contributed by atoms with E-state index in [1.165, 1.54) is 11.1 Å². The predicted molar refractivity (Wildman–Crippen MR) is 132 cm³/mol. The summed E-state index contributed by atoms with van der Waals surface area (Å²) in [6.07, 6.45) is 0.318. The lowest BCUT2D eigenvalue weighted by molar-refractivity contribution is -0.137. The number of unbranched alkanes of at least 4 members (excludes halogenated alkanes) is 1. The van der Waals surface area contributed by atoms with Crippen molar-refractivity contribution in [2.45, 2.75) is 44.6 Å². The second-order valence-corrected chi connectivity index (χ2v) is 8.65. The van der Waals surface area contributed by atoms with Crippen molar-refractivity contribution in [3.05, 3.63) is 59.7 Å². The van der Waals surface area contributed by atoms with E-state index < -0.39 is 18.2 Å². The van der Waals surface area contributed by atoms with Crippen molar-refractivity contribution in [2.75, 3.05) is 33.4 Å². The van der Waals surface area contributed by atoms with Gasteiger partial charge in [0.05, 0.1) is 12.5 Å². The zero-order chi connectivity index (χ0) is 25.2.